The lowest BCUT2D eigenvalue weighted by Gasteiger charge is -2.04. The first-order chi connectivity index (χ1) is 11.4. The third-order valence-electron chi connectivity index (χ3n) is 3.44. The molecule has 0 bridgehead atoms. The van der Waals surface area contributed by atoms with Gasteiger partial charge in [0.25, 0.3) is 5.22 Å². The number of thioether (sulfide) groups is 1. The Hall–Kier alpha value is -1.87. The first-order valence-corrected chi connectivity index (χ1v) is 10.1. The minimum absolute atomic E-state index is 0.0826. The molecule has 9 heteroatoms. The van der Waals surface area contributed by atoms with E-state index in [1.54, 1.807) is 12.1 Å². The molecular weight excluding hydrogens is 350 g/mol. The summed E-state index contributed by atoms with van der Waals surface area (Å²) < 4.78 is 30.2. The van der Waals surface area contributed by atoms with Crippen LogP contribution < -0.4 is 5.32 Å². The van der Waals surface area contributed by atoms with Crippen molar-refractivity contribution in [1.82, 2.24) is 10.2 Å². The Morgan fingerprint density at radius 1 is 1.29 bits per heavy atom. The zero-order chi connectivity index (χ0) is 17.2. The summed E-state index contributed by atoms with van der Waals surface area (Å²) in [5.41, 5.74) is 0.540. The Balaban J connectivity index is 1.65. The van der Waals surface area contributed by atoms with E-state index in [0.29, 0.717) is 10.9 Å². The van der Waals surface area contributed by atoms with Gasteiger partial charge in [-0.3, -0.25) is 4.79 Å². The van der Waals surface area contributed by atoms with Crippen molar-refractivity contribution in [3.05, 3.63) is 30.2 Å². The molecule has 24 heavy (non-hydrogen) atoms. The summed E-state index contributed by atoms with van der Waals surface area (Å²) in [6.45, 7) is 1.39. The van der Waals surface area contributed by atoms with Gasteiger partial charge in [0.1, 0.15) is 5.75 Å². The van der Waals surface area contributed by atoms with Gasteiger partial charge >= 0.3 is 0 Å². The quantitative estimate of drug-likeness (QED) is 0.750. The molecule has 128 valence electrons. The maximum atomic E-state index is 12.4. The molecule has 0 spiro atoms. The van der Waals surface area contributed by atoms with E-state index in [4.69, 9.17) is 4.42 Å². The van der Waals surface area contributed by atoms with Crippen LogP contribution in [0, 0.1) is 5.92 Å². The van der Waals surface area contributed by atoms with Crippen LogP contribution in [-0.4, -0.2) is 30.3 Å². The van der Waals surface area contributed by atoms with Crippen LogP contribution in [0.1, 0.15) is 25.7 Å². The maximum absolute atomic E-state index is 12.4. The Labute approximate surface area is 144 Å². The molecule has 2 aromatic rings. The van der Waals surface area contributed by atoms with E-state index in [9.17, 15) is 13.2 Å². The van der Waals surface area contributed by atoms with Crippen molar-refractivity contribution in [2.45, 2.75) is 35.6 Å². The number of nitrogens with zero attached hydrogens (tertiary/aromatic N) is 2. The molecule has 1 heterocycles. The fourth-order valence-corrected chi connectivity index (χ4v) is 4.15. The second kappa shape index (κ2) is 6.94. The number of nitrogens with one attached hydrogen (secondary N) is 1. The molecule has 1 fully saturated rings. The van der Waals surface area contributed by atoms with Gasteiger partial charge in [0, 0.05) is 18.4 Å². The van der Waals surface area contributed by atoms with E-state index in [-0.39, 0.29) is 22.4 Å². The van der Waals surface area contributed by atoms with Gasteiger partial charge in [0.05, 0.1) is 4.90 Å². The highest BCUT2D eigenvalue weighted by atomic mass is 32.2. The lowest BCUT2D eigenvalue weighted by atomic mass is 10.3. The fourth-order valence-electron chi connectivity index (χ4n) is 2.02. The fraction of sp³-hybridized carbons (Fsp3) is 0.400. The Kier molecular flexibility index (Phi) is 4.91. The summed E-state index contributed by atoms with van der Waals surface area (Å²) >= 11 is 1.47. The van der Waals surface area contributed by atoms with Gasteiger partial charge in [0.2, 0.25) is 11.8 Å². The molecule has 3 rings (SSSR count). The van der Waals surface area contributed by atoms with Gasteiger partial charge < -0.3 is 9.73 Å². The monoisotopic (exact) mass is 367 g/mol. The van der Waals surface area contributed by atoms with E-state index in [2.05, 4.69) is 15.5 Å². The largest absolute Gasteiger partial charge is 0.415 e. The van der Waals surface area contributed by atoms with Crippen molar-refractivity contribution in [1.29, 1.82) is 0 Å². The van der Waals surface area contributed by atoms with E-state index in [1.807, 2.05) is 0 Å². The number of hydrogen-bond acceptors (Lipinski definition) is 7. The Morgan fingerprint density at radius 2 is 2.00 bits per heavy atom. The number of carbonyl (C=O) groups excluding carboxylic acids is 1. The zero-order valence-corrected chi connectivity index (χ0v) is 14.7. The summed E-state index contributed by atoms with van der Waals surface area (Å²) in [5.74, 6) is 1.17. The summed E-state index contributed by atoms with van der Waals surface area (Å²) in [4.78, 5) is 11.1. The molecule has 0 saturated heterocycles. The van der Waals surface area contributed by atoms with E-state index in [1.165, 1.54) is 43.7 Å². The molecule has 1 aliphatic carbocycles. The molecule has 0 unspecified atom stereocenters. The van der Waals surface area contributed by atoms with Gasteiger partial charge in [0.15, 0.2) is 9.84 Å². The standard InChI is InChI=1S/C15H17N3O4S2/c1-10(19)16-12-4-6-13(7-5-12)24(20,21)9-14-17-18-15(22-14)23-8-11-2-3-11/h4-7,11H,2-3,8-9H2,1H3,(H,16,19). The number of hydrogen-bond donors (Lipinski definition) is 1. The zero-order valence-electron chi connectivity index (χ0n) is 13.1. The van der Waals surface area contributed by atoms with Gasteiger partial charge in [-0.2, -0.15) is 0 Å². The van der Waals surface area contributed by atoms with Gasteiger partial charge in [-0.1, -0.05) is 11.8 Å². The van der Waals surface area contributed by atoms with Crippen molar-refractivity contribution in [3.63, 3.8) is 0 Å². The van der Waals surface area contributed by atoms with Crippen molar-refractivity contribution < 1.29 is 17.6 Å². The van der Waals surface area contributed by atoms with Crippen LogP contribution in [0.4, 0.5) is 5.69 Å². The molecule has 0 aliphatic heterocycles. The predicted molar refractivity (Wildman–Crippen MR) is 89.4 cm³/mol. The summed E-state index contributed by atoms with van der Waals surface area (Å²) in [6, 6.07) is 5.97. The molecule has 0 radical (unpaired) electrons. The van der Waals surface area contributed by atoms with Crippen LogP contribution >= 0.6 is 11.8 Å². The molecule has 7 nitrogen and oxygen atoms in total. The highest BCUT2D eigenvalue weighted by molar-refractivity contribution is 7.99. The average Bonchev–Trinajstić information content (AvgIpc) is 3.25. The van der Waals surface area contributed by atoms with Crippen LogP contribution in [0.3, 0.4) is 0 Å². The molecule has 1 aliphatic rings. The van der Waals surface area contributed by atoms with E-state index < -0.39 is 9.84 Å². The van der Waals surface area contributed by atoms with Crippen molar-refractivity contribution >= 4 is 33.2 Å². The number of anilines is 1. The average molecular weight is 367 g/mol. The molecule has 1 amide bonds. The van der Waals surface area contributed by atoms with E-state index in [0.717, 1.165) is 11.7 Å². The smallest absolute Gasteiger partial charge is 0.276 e. The molecule has 1 saturated carbocycles. The van der Waals surface area contributed by atoms with Gasteiger partial charge in [-0.05, 0) is 43.0 Å². The van der Waals surface area contributed by atoms with Crippen LogP contribution in [0.5, 0.6) is 0 Å². The molecular formula is C15H17N3O4S2. The number of aromatic nitrogens is 2. The third kappa shape index (κ3) is 4.57. The van der Waals surface area contributed by atoms with Gasteiger partial charge in [-0.15, -0.1) is 10.2 Å². The first kappa shape index (κ1) is 17.0. The van der Waals surface area contributed by atoms with Crippen LogP contribution in [0.2, 0.25) is 0 Å². The number of carbonyl (C=O) groups is 1. The Bertz CT molecular complexity index is 827. The third-order valence-corrected chi connectivity index (χ3v) is 6.10. The summed E-state index contributed by atoms with van der Waals surface area (Å²) in [5, 5.41) is 10.7. The number of sulfone groups is 1. The minimum atomic E-state index is -3.58. The SMILES string of the molecule is CC(=O)Nc1ccc(S(=O)(=O)Cc2nnc(SCC3CC3)o2)cc1. The van der Waals surface area contributed by atoms with Crippen LogP contribution in [0.15, 0.2) is 38.8 Å². The normalized spacial score (nSPS) is 14.5. The number of benzene rings is 1. The van der Waals surface area contributed by atoms with Crippen molar-refractivity contribution in [3.8, 4) is 0 Å². The maximum Gasteiger partial charge on any atom is 0.276 e. The molecule has 1 aromatic heterocycles. The first-order valence-electron chi connectivity index (χ1n) is 7.48. The summed E-state index contributed by atoms with van der Waals surface area (Å²) in [6.07, 6.45) is 2.47. The van der Waals surface area contributed by atoms with Crippen LogP contribution in [0.25, 0.3) is 0 Å². The lowest BCUT2D eigenvalue weighted by Crippen LogP contribution is -2.07. The Morgan fingerprint density at radius 3 is 2.62 bits per heavy atom. The second-order valence-electron chi connectivity index (χ2n) is 5.68. The van der Waals surface area contributed by atoms with E-state index >= 15 is 0 Å². The highest BCUT2D eigenvalue weighted by Crippen LogP contribution is 2.34. The number of rotatable bonds is 7. The van der Waals surface area contributed by atoms with Crippen molar-refractivity contribution in [2.24, 2.45) is 5.92 Å². The van der Waals surface area contributed by atoms with Crippen molar-refractivity contribution in [2.75, 3.05) is 11.1 Å². The lowest BCUT2D eigenvalue weighted by molar-refractivity contribution is -0.114. The molecule has 0 atom stereocenters. The summed E-state index contributed by atoms with van der Waals surface area (Å²) in [7, 11) is -3.58. The van der Waals surface area contributed by atoms with Gasteiger partial charge in [-0.25, -0.2) is 8.42 Å². The minimum Gasteiger partial charge on any atom is -0.415 e. The predicted octanol–water partition coefficient (Wildman–Crippen LogP) is 2.50. The highest BCUT2D eigenvalue weighted by Gasteiger charge is 2.23. The molecule has 1 aromatic carbocycles. The topological polar surface area (TPSA) is 102 Å². The number of amides is 1. The van der Waals surface area contributed by atoms with Crippen LogP contribution in [-0.2, 0) is 20.4 Å². The molecule has 1 N–H and O–H groups in total. The second-order valence-corrected chi connectivity index (χ2v) is 8.64.